The van der Waals surface area contributed by atoms with Gasteiger partial charge in [0.1, 0.15) is 18.9 Å². The minimum Gasteiger partial charge on any atom is -0.748 e. The molecule has 0 amide bonds. The van der Waals surface area contributed by atoms with Crippen molar-refractivity contribution in [1.29, 1.82) is 0 Å². The molecule has 22 heteroatoms. The summed E-state index contributed by atoms with van der Waals surface area (Å²) in [6.45, 7) is -0.316. The summed E-state index contributed by atoms with van der Waals surface area (Å²) in [6.07, 6.45) is 3.02. The van der Waals surface area contributed by atoms with Gasteiger partial charge in [0.2, 0.25) is 0 Å². The first-order valence-corrected chi connectivity index (χ1v) is 16.0. The van der Waals surface area contributed by atoms with Crippen molar-refractivity contribution in [3.05, 3.63) is 6.42 Å². The molecule has 6 N–H and O–H groups in total. The first-order valence-electron chi connectivity index (χ1n) is 11.4. The molecule has 0 aromatic carbocycles. The molecule has 3 fully saturated rings. The smallest absolute Gasteiger partial charge is 0.748 e. The maximum atomic E-state index is 11.8. The third-order valence-electron chi connectivity index (χ3n) is 6.51. The van der Waals surface area contributed by atoms with E-state index in [4.69, 9.17) is 0 Å². The molecule has 1 saturated heterocycles. The van der Waals surface area contributed by atoms with E-state index in [9.17, 15) is 38.9 Å². The SMILES string of the molecule is O=S(=O)([O-])CCNC1NC(NCCS(=O)(=O)[O-])NC(NC2C[CH-]C3CCCC(S(=O)(=O)[O-])C3C2)N1.[Na+].[Na+].[Na+].[Na+]. The van der Waals surface area contributed by atoms with E-state index >= 15 is 0 Å². The molecule has 6 atom stereocenters. The van der Waals surface area contributed by atoms with Gasteiger partial charge in [0.05, 0.1) is 47.1 Å². The van der Waals surface area contributed by atoms with Crippen molar-refractivity contribution in [2.45, 2.75) is 62.3 Å². The topological polar surface area (TPSA) is 244 Å². The van der Waals surface area contributed by atoms with Gasteiger partial charge in [-0.1, -0.05) is 12.8 Å². The molecule has 1 aliphatic heterocycles. The van der Waals surface area contributed by atoms with Gasteiger partial charge in [0.15, 0.2) is 0 Å². The zero-order valence-corrected chi connectivity index (χ0v) is 33.3. The van der Waals surface area contributed by atoms with Crippen molar-refractivity contribution in [3.63, 3.8) is 0 Å². The molecule has 6 unspecified atom stereocenters. The molecule has 3 aliphatic rings. The fourth-order valence-electron chi connectivity index (χ4n) is 5.00. The van der Waals surface area contributed by atoms with Gasteiger partial charge in [-0.25, -0.2) is 25.3 Å². The summed E-state index contributed by atoms with van der Waals surface area (Å²) < 4.78 is 101. The van der Waals surface area contributed by atoms with Crippen LogP contribution in [-0.2, 0) is 30.4 Å². The molecule has 0 aromatic rings. The monoisotopic (exact) mass is 652 g/mol. The average Bonchev–Trinajstić information content (AvgIpc) is 2.70. The quantitative estimate of drug-likeness (QED) is 0.0690. The molecule has 0 spiro atoms. The fourth-order valence-corrected chi connectivity index (χ4v) is 6.94. The Balaban J connectivity index is 0. The van der Waals surface area contributed by atoms with Crippen LogP contribution < -0.4 is 150 Å². The molecule has 206 valence electrons. The molecule has 15 nitrogen and oxygen atoms in total. The van der Waals surface area contributed by atoms with Crippen molar-refractivity contribution < 1.29 is 157 Å². The summed E-state index contributed by atoms with van der Waals surface area (Å²) in [5.74, 6) is -1.50. The molecule has 2 saturated carbocycles. The Morgan fingerprint density at radius 3 is 1.69 bits per heavy atom. The Hall–Kier alpha value is 3.49. The minimum atomic E-state index is -4.43. The predicted octanol–water partition coefficient (Wildman–Crippen LogP) is -15.8. The number of fused-ring (bicyclic) bond motifs is 1. The van der Waals surface area contributed by atoms with Gasteiger partial charge in [-0.3, -0.25) is 31.9 Å². The normalized spacial score (nSPS) is 31.3. The van der Waals surface area contributed by atoms with E-state index in [0.29, 0.717) is 25.7 Å². The summed E-state index contributed by atoms with van der Waals surface area (Å²) in [5, 5.41) is 17.1. The van der Waals surface area contributed by atoms with Gasteiger partial charge < -0.3 is 20.1 Å². The summed E-state index contributed by atoms with van der Waals surface area (Å²) >= 11 is 0. The molecule has 1 heterocycles. The molecular weight excluding hydrogens is 620 g/mol. The first kappa shape index (κ1) is 44.6. The second-order valence-corrected chi connectivity index (χ2v) is 13.7. The van der Waals surface area contributed by atoms with Crippen LogP contribution in [0.15, 0.2) is 0 Å². The van der Waals surface area contributed by atoms with Crippen LogP contribution in [0.25, 0.3) is 0 Å². The zero-order valence-electron chi connectivity index (χ0n) is 22.9. The Kier molecular flexibility index (Phi) is 22.7. The van der Waals surface area contributed by atoms with E-state index in [1.165, 1.54) is 0 Å². The molecular formula is C17H32N6Na4O9S3. The Bertz CT molecular complexity index is 998. The van der Waals surface area contributed by atoms with Crippen LogP contribution in [0, 0.1) is 18.3 Å². The molecule has 2 aliphatic carbocycles. The van der Waals surface area contributed by atoms with E-state index in [-0.39, 0.29) is 149 Å². The van der Waals surface area contributed by atoms with Crippen LogP contribution >= 0.6 is 0 Å². The van der Waals surface area contributed by atoms with Gasteiger partial charge >= 0.3 is 118 Å². The first-order chi connectivity index (χ1) is 16.2. The van der Waals surface area contributed by atoms with Crippen molar-refractivity contribution in [2.24, 2.45) is 11.8 Å². The Morgan fingerprint density at radius 2 is 1.23 bits per heavy atom. The Morgan fingerprint density at radius 1 is 0.744 bits per heavy atom. The van der Waals surface area contributed by atoms with E-state index in [2.05, 4.69) is 31.9 Å². The van der Waals surface area contributed by atoms with Gasteiger partial charge in [0.25, 0.3) is 0 Å². The van der Waals surface area contributed by atoms with Crippen LogP contribution in [0.5, 0.6) is 0 Å². The van der Waals surface area contributed by atoms with Crippen LogP contribution in [0.2, 0.25) is 0 Å². The second kappa shape index (κ2) is 19.9. The van der Waals surface area contributed by atoms with Gasteiger partial charge in [-0.15, -0.1) is 0 Å². The van der Waals surface area contributed by atoms with Gasteiger partial charge in [0, 0.05) is 13.1 Å². The fraction of sp³-hybridized carbons (Fsp3) is 0.941. The maximum Gasteiger partial charge on any atom is 1.00 e. The van der Waals surface area contributed by atoms with Crippen molar-refractivity contribution in [1.82, 2.24) is 31.9 Å². The van der Waals surface area contributed by atoms with Crippen LogP contribution in [-0.4, -0.2) is 93.7 Å². The predicted molar refractivity (Wildman–Crippen MR) is 121 cm³/mol. The standard InChI is InChI=1S/C17H35N6O9S3.4Na/c24-33(25,26)8-6-18-15-21-16(19-7-9-34(27,28)29)23-17(22-15)20-12-5-4-11-2-1-3-14(13(11)10-12)35(30,31)32;;;;/h4,11-23H,1-3,5-10H2,(H,24,25,26)(H,27,28,29)(H,30,31,32);;;;/q-1;4*+1/p-3. The second-order valence-electron chi connectivity index (χ2n) is 9.09. The van der Waals surface area contributed by atoms with Crippen molar-refractivity contribution >= 4 is 30.4 Å². The number of hydrogen-bond donors (Lipinski definition) is 6. The van der Waals surface area contributed by atoms with E-state index in [0.717, 1.165) is 6.42 Å². The summed E-state index contributed by atoms with van der Waals surface area (Å²) in [6, 6.07) is -0.174. The van der Waals surface area contributed by atoms with Crippen molar-refractivity contribution in [3.8, 4) is 0 Å². The van der Waals surface area contributed by atoms with Crippen LogP contribution in [0.4, 0.5) is 0 Å². The van der Waals surface area contributed by atoms with Crippen LogP contribution in [0.1, 0.15) is 32.1 Å². The summed E-state index contributed by atoms with van der Waals surface area (Å²) in [7, 11) is -13.3. The average molecular weight is 653 g/mol. The van der Waals surface area contributed by atoms with E-state index < -0.39 is 66.0 Å². The third-order valence-corrected chi connectivity index (χ3v) is 9.24. The minimum absolute atomic E-state index is 0. The van der Waals surface area contributed by atoms with E-state index in [1.54, 1.807) is 0 Å². The molecule has 0 bridgehead atoms. The third kappa shape index (κ3) is 16.6. The Labute approximate surface area is 319 Å². The maximum absolute atomic E-state index is 11.8. The van der Waals surface area contributed by atoms with Gasteiger partial charge in [-0.2, -0.15) is 12.3 Å². The molecule has 3 rings (SSSR count). The van der Waals surface area contributed by atoms with E-state index in [1.807, 2.05) is 6.42 Å². The molecule has 0 radical (unpaired) electrons. The number of rotatable bonds is 11. The number of hydrogen-bond acceptors (Lipinski definition) is 15. The molecule has 0 aromatic heterocycles. The number of nitrogens with one attached hydrogen (secondary N) is 6. The summed E-state index contributed by atoms with van der Waals surface area (Å²) in [4.78, 5) is 0. The largest absolute Gasteiger partial charge is 1.00 e. The van der Waals surface area contributed by atoms with Gasteiger partial charge in [-0.05, 0) is 24.8 Å². The van der Waals surface area contributed by atoms with Crippen molar-refractivity contribution in [2.75, 3.05) is 24.6 Å². The molecule has 39 heavy (non-hydrogen) atoms. The summed E-state index contributed by atoms with van der Waals surface area (Å²) in [5.41, 5.74) is 0. The van der Waals surface area contributed by atoms with Crippen LogP contribution in [0.3, 0.4) is 0 Å². The zero-order chi connectivity index (χ0) is 25.9.